The zero-order chi connectivity index (χ0) is 18.5. The third-order valence-corrected chi connectivity index (χ3v) is 5.47. The van der Waals surface area contributed by atoms with Gasteiger partial charge < -0.3 is 9.84 Å². The molecule has 0 radical (unpaired) electrons. The minimum Gasteiger partial charge on any atom is -0.481 e. The summed E-state index contributed by atoms with van der Waals surface area (Å²) >= 11 is 0. The number of hydrogen-bond acceptors (Lipinski definition) is 3. The molecule has 3 atom stereocenters. The molecule has 3 unspecified atom stereocenters. The number of esters is 1. The van der Waals surface area contributed by atoms with E-state index in [1.165, 1.54) is 44.9 Å². The van der Waals surface area contributed by atoms with Crippen LogP contribution in [0.15, 0.2) is 0 Å². The molecule has 146 valence electrons. The average molecular weight is 355 g/mol. The van der Waals surface area contributed by atoms with Gasteiger partial charge in [-0.05, 0) is 38.5 Å². The molecule has 0 aromatic heterocycles. The highest BCUT2D eigenvalue weighted by Gasteiger charge is 2.32. The lowest BCUT2D eigenvalue weighted by Gasteiger charge is -2.27. The predicted octanol–water partition coefficient (Wildman–Crippen LogP) is 5.73. The van der Waals surface area contributed by atoms with Gasteiger partial charge >= 0.3 is 11.9 Å². The molecule has 1 fully saturated rings. The Bertz CT molecular complexity index is 380. The fourth-order valence-electron chi connectivity index (χ4n) is 3.74. The first-order valence-corrected chi connectivity index (χ1v) is 10.5. The molecule has 1 aliphatic carbocycles. The Morgan fingerprint density at radius 3 is 2.16 bits per heavy atom. The van der Waals surface area contributed by atoms with Gasteiger partial charge in [0.1, 0.15) is 6.10 Å². The molecule has 0 aliphatic heterocycles. The molecule has 0 amide bonds. The number of carbonyl (C=O) groups excluding carboxylic acids is 1. The molecular formula is C21H38O4. The lowest BCUT2D eigenvalue weighted by molar-refractivity contribution is -0.157. The second-order valence-electron chi connectivity index (χ2n) is 7.63. The van der Waals surface area contributed by atoms with Crippen molar-refractivity contribution in [3.63, 3.8) is 0 Å². The minimum atomic E-state index is -0.775. The zero-order valence-electron chi connectivity index (χ0n) is 16.3. The van der Waals surface area contributed by atoms with E-state index in [4.69, 9.17) is 9.84 Å². The van der Waals surface area contributed by atoms with Crippen molar-refractivity contribution in [2.24, 2.45) is 11.8 Å². The molecule has 1 rings (SSSR count). The van der Waals surface area contributed by atoms with Crippen LogP contribution in [0.5, 0.6) is 0 Å². The third kappa shape index (κ3) is 9.27. The predicted molar refractivity (Wildman–Crippen MR) is 100 cm³/mol. The first kappa shape index (κ1) is 22.0. The van der Waals surface area contributed by atoms with E-state index < -0.39 is 5.97 Å². The van der Waals surface area contributed by atoms with Crippen molar-refractivity contribution in [2.45, 2.75) is 110 Å². The fourth-order valence-corrected chi connectivity index (χ4v) is 3.74. The molecule has 1 N–H and O–H groups in total. The van der Waals surface area contributed by atoms with Gasteiger partial charge in [-0.3, -0.25) is 9.59 Å². The Morgan fingerprint density at radius 2 is 1.56 bits per heavy atom. The van der Waals surface area contributed by atoms with Crippen molar-refractivity contribution < 1.29 is 19.4 Å². The number of carboxylic acids is 1. The molecule has 1 aliphatic rings. The van der Waals surface area contributed by atoms with Crippen LogP contribution in [0.2, 0.25) is 0 Å². The van der Waals surface area contributed by atoms with Crippen LogP contribution in [0.1, 0.15) is 104 Å². The summed E-state index contributed by atoms with van der Waals surface area (Å²) in [6, 6.07) is 0. The molecule has 1 saturated carbocycles. The maximum Gasteiger partial charge on any atom is 0.309 e. The van der Waals surface area contributed by atoms with Gasteiger partial charge in [-0.25, -0.2) is 0 Å². The number of rotatable bonds is 13. The lowest BCUT2D eigenvalue weighted by Crippen LogP contribution is -2.30. The van der Waals surface area contributed by atoms with E-state index in [0.29, 0.717) is 12.8 Å². The molecule has 0 heterocycles. The second kappa shape index (κ2) is 13.2. The largest absolute Gasteiger partial charge is 0.481 e. The van der Waals surface area contributed by atoms with Crippen LogP contribution in [0, 0.1) is 11.8 Å². The second-order valence-corrected chi connectivity index (χ2v) is 7.63. The van der Waals surface area contributed by atoms with Crippen molar-refractivity contribution >= 4 is 11.9 Å². The van der Waals surface area contributed by atoms with E-state index in [1.807, 2.05) is 0 Å². The Kier molecular flexibility index (Phi) is 11.6. The number of aliphatic carboxylic acids is 1. The normalized spacial score (nSPS) is 21.7. The van der Waals surface area contributed by atoms with Gasteiger partial charge in [-0.15, -0.1) is 0 Å². The van der Waals surface area contributed by atoms with Crippen LogP contribution >= 0.6 is 0 Å². The SMILES string of the molecule is CCCCCCCCCCC(CC)OC(=O)C1CCCC(C(=O)O)C1. The number of carbonyl (C=O) groups is 2. The standard InChI is InChI=1S/C21H38O4/c1-3-5-6-7-8-9-10-11-15-19(4-2)25-21(24)18-14-12-13-17(16-18)20(22)23/h17-19H,3-16H2,1-2H3,(H,22,23). The summed E-state index contributed by atoms with van der Waals surface area (Å²) in [6.07, 6.45) is 14.7. The zero-order valence-corrected chi connectivity index (χ0v) is 16.3. The van der Waals surface area contributed by atoms with Gasteiger partial charge in [0.15, 0.2) is 0 Å². The number of unbranched alkanes of at least 4 members (excludes halogenated alkanes) is 7. The highest BCUT2D eigenvalue weighted by atomic mass is 16.5. The molecule has 4 heteroatoms. The number of carboxylic acid groups (broad SMARTS) is 1. The summed E-state index contributed by atoms with van der Waals surface area (Å²) in [7, 11) is 0. The maximum absolute atomic E-state index is 12.4. The molecule has 0 saturated heterocycles. The topological polar surface area (TPSA) is 63.6 Å². The fraction of sp³-hybridized carbons (Fsp3) is 0.905. The van der Waals surface area contributed by atoms with Gasteiger partial charge in [0.2, 0.25) is 0 Å². The summed E-state index contributed by atoms with van der Waals surface area (Å²) in [4.78, 5) is 23.5. The van der Waals surface area contributed by atoms with E-state index in [2.05, 4.69) is 13.8 Å². The Hall–Kier alpha value is -1.06. The molecule has 0 aromatic rings. The van der Waals surface area contributed by atoms with E-state index >= 15 is 0 Å². The first-order valence-electron chi connectivity index (χ1n) is 10.5. The van der Waals surface area contributed by atoms with Crippen molar-refractivity contribution in [3.05, 3.63) is 0 Å². The lowest BCUT2D eigenvalue weighted by atomic mass is 9.81. The van der Waals surface area contributed by atoms with Gasteiger partial charge in [0.25, 0.3) is 0 Å². The summed E-state index contributed by atoms with van der Waals surface area (Å²) in [5.74, 6) is -1.54. The van der Waals surface area contributed by atoms with Gasteiger partial charge in [0.05, 0.1) is 11.8 Å². The Morgan fingerprint density at radius 1 is 0.960 bits per heavy atom. The van der Waals surface area contributed by atoms with Crippen molar-refractivity contribution in [1.29, 1.82) is 0 Å². The Balaban J connectivity index is 2.19. The summed E-state index contributed by atoms with van der Waals surface area (Å²) in [5.41, 5.74) is 0. The van der Waals surface area contributed by atoms with Crippen molar-refractivity contribution in [1.82, 2.24) is 0 Å². The Labute approximate surface area is 153 Å². The van der Waals surface area contributed by atoms with Crippen molar-refractivity contribution in [3.8, 4) is 0 Å². The quantitative estimate of drug-likeness (QED) is 0.339. The smallest absolute Gasteiger partial charge is 0.309 e. The monoisotopic (exact) mass is 354 g/mol. The highest BCUT2D eigenvalue weighted by molar-refractivity contribution is 5.75. The molecule has 0 spiro atoms. The molecule has 0 aromatic carbocycles. The van der Waals surface area contributed by atoms with E-state index in [1.54, 1.807) is 0 Å². The third-order valence-electron chi connectivity index (χ3n) is 5.47. The number of ether oxygens (including phenoxy) is 1. The molecule has 25 heavy (non-hydrogen) atoms. The van der Waals surface area contributed by atoms with Gasteiger partial charge in [-0.2, -0.15) is 0 Å². The maximum atomic E-state index is 12.4. The first-order chi connectivity index (χ1) is 12.1. The molecule has 0 bridgehead atoms. The van der Waals surface area contributed by atoms with Gasteiger partial charge in [-0.1, -0.05) is 65.2 Å². The van der Waals surface area contributed by atoms with Crippen LogP contribution in [-0.4, -0.2) is 23.1 Å². The summed E-state index contributed by atoms with van der Waals surface area (Å²) in [5, 5.41) is 9.15. The average Bonchev–Trinajstić information content (AvgIpc) is 2.62. The van der Waals surface area contributed by atoms with Crippen LogP contribution < -0.4 is 0 Å². The minimum absolute atomic E-state index is 0.00204. The molecular weight excluding hydrogens is 316 g/mol. The van der Waals surface area contributed by atoms with Gasteiger partial charge in [0, 0.05) is 0 Å². The number of hydrogen-bond donors (Lipinski definition) is 1. The molecule has 4 nitrogen and oxygen atoms in total. The summed E-state index contributed by atoms with van der Waals surface area (Å²) < 4.78 is 5.70. The van der Waals surface area contributed by atoms with E-state index in [0.717, 1.165) is 32.1 Å². The van der Waals surface area contributed by atoms with Crippen LogP contribution in [0.4, 0.5) is 0 Å². The van der Waals surface area contributed by atoms with E-state index in [-0.39, 0.29) is 23.9 Å². The van der Waals surface area contributed by atoms with E-state index in [9.17, 15) is 9.59 Å². The van der Waals surface area contributed by atoms with Crippen LogP contribution in [0.25, 0.3) is 0 Å². The van der Waals surface area contributed by atoms with Crippen LogP contribution in [-0.2, 0) is 14.3 Å². The summed E-state index contributed by atoms with van der Waals surface area (Å²) in [6.45, 7) is 4.30. The van der Waals surface area contributed by atoms with Crippen LogP contribution in [0.3, 0.4) is 0 Å². The van der Waals surface area contributed by atoms with Crippen molar-refractivity contribution in [2.75, 3.05) is 0 Å². The highest BCUT2D eigenvalue weighted by Crippen LogP contribution is 2.30.